The topological polar surface area (TPSA) is 9.23 Å². The summed E-state index contributed by atoms with van der Waals surface area (Å²) in [5.74, 6) is 0. The van der Waals surface area contributed by atoms with Crippen LogP contribution in [0, 0.1) is 7.11 Å². The molecule has 0 atom stereocenters. The van der Waals surface area contributed by atoms with E-state index in [-0.39, 0.29) is 0 Å². The van der Waals surface area contributed by atoms with E-state index in [4.69, 9.17) is 7.11 Å². The van der Waals surface area contributed by atoms with Gasteiger partial charge in [0.25, 0.3) is 0 Å². The summed E-state index contributed by atoms with van der Waals surface area (Å²) in [6.45, 7) is 2.26. The van der Waals surface area contributed by atoms with E-state index in [0.29, 0.717) is 6.61 Å². The Labute approximate surface area is 26.6 Å². The molecule has 0 aliphatic carbocycles. The van der Waals surface area contributed by atoms with Crippen molar-refractivity contribution < 1.29 is 4.74 Å². The average molecular weight is 57.1 g/mol. The van der Waals surface area contributed by atoms with Crippen LogP contribution in [0.3, 0.4) is 0 Å². The largest absolute Gasteiger partial charge is 0.365 e. The molecule has 0 N–H and O–H groups in total. The second-order valence-electron chi connectivity index (χ2n) is 0.433. The number of ether oxygens (including phenoxy) is 1. The molecule has 0 fully saturated rings. The Morgan fingerprint density at radius 2 is 2.25 bits per heavy atom. The van der Waals surface area contributed by atoms with Crippen LogP contribution in [0.15, 0.2) is 0 Å². The lowest BCUT2D eigenvalue weighted by atomic mass is 10.9. The lowest BCUT2D eigenvalue weighted by Gasteiger charge is -1.73. The SMILES string of the molecule is [C]OCC. The van der Waals surface area contributed by atoms with Gasteiger partial charge in [-0.3, -0.25) is 0 Å². The van der Waals surface area contributed by atoms with Gasteiger partial charge in [0.15, 0.2) is 7.11 Å². The van der Waals surface area contributed by atoms with Crippen molar-refractivity contribution in [3.05, 3.63) is 7.11 Å². The fourth-order valence-corrected chi connectivity index (χ4v) is 0. The van der Waals surface area contributed by atoms with Crippen LogP contribution in [0.1, 0.15) is 6.92 Å². The predicted octanol–water partition coefficient (Wildman–Crippen LogP) is 0.568. The molecule has 0 saturated heterocycles. The fourth-order valence-electron chi connectivity index (χ4n) is 0. The first-order valence-electron chi connectivity index (χ1n) is 1.20. The van der Waals surface area contributed by atoms with E-state index in [2.05, 4.69) is 4.74 Å². The van der Waals surface area contributed by atoms with E-state index in [1.807, 2.05) is 0 Å². The highest BCUT2D eigenvalue weighted by Gasteiger charge is 1.54. The van der Waals surface area contributed by atoms with Crippen molar-refractivity contribution >= 4 is 0 Å². The van der Waals surface area contributed by atoms with Gasteiger partial charge in [-0.2, -0.15) is 0 Å². The molecule has 0 aromatic carbocycles. The van der Waals surface area contributed by atoms with E-state index < -0.39 is 0 Å². The smallest absolute Gasteiger partial charge is 0.173 e. The number of hydrogen-bond acceptors (Lipinski definition) is 1. The zero-order valence-corrected chi connectivity index (χ0v) is 2.62. The molecule has 23 valence electrons. The van der Waals surface area contributed by atoms with Gasteiger partial charge >= 0.3 is 0 Å². The molecule has 1 heteroatoms. The van der Waals surface area contributed by atoms with Crippen molar-refractivity contribution in [2.75, 3.05) is 6.61 Å². The average Bonchev–Trinajstić information content (AvgIpc) is 1.37. The molecule has 0 saturated carbocycles. The van der Waals surface area contributed by atoms with E-state index in [9.17, 15) is 0 Å². The summed E-state index contributed by atoms with van der Waals surface area (Å²) in [7, 11) is 5.95. The van der Waals surface area contributed by atoms with Gasteiger partial charge in [0.1, 0.15) is 0 Å². The third-order valence-corrected chi connectivity index (χ3v) is 0.144. The summed E-state index contributed by atoms with van der Waals surface area (Å²) >= 11 is 0. The number of rotatable bonds is 1. The maximum atomic E-state index is 5.95. The Morgan fingerprint density at radius 1 is 2.00 bits per heavy atom. The van der Waals surface area contributed by atoms with Gasteiger partial charge < -0.3 is 4.74 Å². The first kappa shape index (κ1) is 3.96. The first-order valence-corrected chi connectivity index (χ1v) is 1.20. The van der Waals surface area contributed by atoms with E-state index >= 15 is 0 Å². The Kier molecular flexibility index (Phi) is 2.93. The lowest BCUT2D eigenvalue weighted by molar-refractivity contribution is 0.261. The van der Waals surface area contributed by atoms with Gasteiger partial charge in [0.2, 0.25) is 0 Å². The molecule has 0 aliphatic heterocycles. The molecule has 0 spiro atoms. The fraction of sp³-hybridized carbons (Fsp3) is 0.667. The zero-order valence-electron chi connectivity index (χ0n) is 2.62. The van der Waals surface area contributed by atoms with Crippen molar-refractivity contribution in [2.45, 2.75) is 6.92 Å². The van der Waals surface area contributed by atoms with Crippen LogP contribution >= 0.6 is 0 Å². The van der Waals surface area contributed by atoms with Gasteiger partial charge in [0, 0.05) is 6.61 Å². The summed E-state index contributed by atoms with van der Waals surface area (Å²) < 4.78 is 3.79. The van der Waals surface area contributed by atoms with Gasteiger partial charge in [-0.15, -0.1) is 0 Å². The van der Waals surface area contributed by atoms with Crippen LogP contribution in [0.4, 0.5) is 0 Å². The summed E-state index contributed by atoms with van der Waals surface area (Å²) in [6.07, 6.45) is 0. The molecule has 4 heavy (non-hydrogen) atoms. The highest BCUT2D eigenvalue weighted by Crippen LogP contribution is 1.56. The molecule has 0 aromatic rings. The van der Waals surface area contributed by atoms with Crippen LogP contribution in [0.25, 0.3) is 0 Å². The minimum atomic E-state index is 0.486. The molecular formula is C3H5O. The summed E-state index contributed by atoms with van der Waals surface area (Å²) in [5.41, 5.74) is 0. The van der Waals surface area contributed by atoms with Gasteiger partial charge in [0.05, 0.1) is 0 Å². The van der Waals surface area contributed by atoms with Crippen LogP contribution in [-0.2, 0) is 4.74 Å². The molecule has 1 nitrogen and oxygen atoms in total. The molecule has 0 bridgehead atoms. The Bertz CT molecular complexity index is 5.25. The molecule has 0 aromatic heterocycles. The second-order valence-corrected chi connectivity index (χ2v) is 0.433. The minimum Gasteiger partial charge on any atom is -0.365 e. The summed E-state index contributed by atoms with van der Waals surface area (Å²) in [4.78, 5) is 0. The van der Waals surface area contributed by atoms with Gasteiger partial charge in [-0.25, -0.2) is 0 Å². The minimum absolute atomic E-state index is 0.486. The summed E-state index contributed by atoms with van der Waals surface area (Å²) in [5, 5.41) is 0. The molecule has 0 aliphatic rings. The molecule has 0 heterocycles. The van der Waals surface area contributed by atoms with E-state index in [1.165, 1.54) is 0 Å². The van der Waals surface area contributed by atoms with Crippen LogP contribution in [-0.4, -0.2) is 6.61 Å². The van der Waals surface area contributed by atoms with Gasteiger partial charge in [-0.05, 0) is 6.92 Å². The van der Waals surface area contributed by atoms with Crippen LogP contribution in [0.2, 0.25) is 0 Å². The highest BCUT2D eigenvalue weighted by atomic mass is 16.5. The molecule has 3 radical (unpaired) electrons. The Balaban J connectivity index is 1.97. The number of hydrogen-bond donors (Lipinski definition) is 0. The highest BCUT2D eigenvalue weighted by molar-refractivity contribution is 4.02. The van der Waals surface area contributed by atoms with Crippen molar-refractivity contribution in [2.24, 2.45) is 0 Å². The maximum absolute atomic E-state index is 5.95. The van der Waals surface area contributed by atoms with Gasteiger partial charge in [-0.1, -0.05) is 0 Å². The van der Waals surface area contributed by atoms with Crippen molar-refractivity contribution in [3.8, 4) is 0 Å². The lowest BCUT2D eigenvalue weighted by Crippen LogP contribution is -1.69. The molecule has 0 unspecified atom stereocenters. The normalized spacial score (nSPS) is 7.50. The third-order valence-electron chi connectivity index (χ3n) is 0.144. The maximum Gasteiger partial charge on any atom is 0.173 e. The van der Waals surface area contributed by atoms with Crippen molar-refractivity contribution in [1.29, 1.82) is 0 Å². The molecular weight excluding hydrogens is 52.0 g/mol. The second kappa shape index (κ2) is 2.96. The van der Waals surface area contributed by atoms with Crippen LogP contribution < -0.4 is 0 Å². The monoisotopic (exact) mass is 57.0 g/mol. The van der Waals surface area contributed by atoms with E-state index in [0.717, 1.165) is 0 Å². The quantitative estimate of drug-likeness (QED) is 0.427. The third kappa shape index (κ3) is 1.96. The van der Waals surface area contributed by atoms with Crippen LogP contribution in [0.5, 0.6) is 0 Å². The molecule has 0 rings (SSSR count). The first-order chi connectivity index (χ1) is 1.91. The summed E-state index contributed by atoms with van der Waals surface area (Å²) in [6, 6.07) is 0. The standard InChI is InChI=1S/C3H5O/c1-3-4-2/h3H2,1H3. The Morgan fingerprint density at radius 3 is 2.25 bits per heavy atom. The predicted molar refractivity (Wildman–Crippen MR) is 14.9 cm³/mol. The molecule has 0 amide bonds. The zero-order chi connectivity index (χ0) is 3.41. The van der Waals surface area contributed by atoms with Crippen molar-refractivity contribution in [1.82, 2.24) is 0 Å². The van der Waals surface area contributed by atoms with Crippen molar-refractivity contribution in [3.63, 3.8) is 0 Å². The van der Waals surface area contributed by atoms with E-state index in [1.54, 1.807) is 6.92 Å². The Hall–Kier alpha value is -0.0400.